The lowest BCUT2D eigenvalue weighted by Gasteiger charge is -2.31. The number of carbonyl (C=O) groups is 2. The van der Waals surface area contributed by atoms with Gasteiger partial charge in [-0.3, -0.25) is 4.79 Å². The van der Waals surface area contributed by atoms with E-state index >= 15 is 0 Å². The maximum absolute atomic E-state index is 12.8. The molecule has 1 fully saturated rings. The molecule has 0 amide bonds. The van der Waals surface area contributed by atoms with Crippen LogP contribution in [-0.4, -0.2) is 28.2 Å². The summed E-state index contributed by atoms with van der Waals surface area (Å²) in [6.07, 6.45) is 4.42. The van der Waals surface area contributed by atoms with E-state index in [4.69, 9.17) is 21.1 Å². The van der Waals surface area contributed by atoms with Crippen molar-refractivity contribution in [2.24, 2.45) is 0 Å². The zero-order valence-corrected chi connectivity index (χ0v) is 20.9. The minimum atomic E-state index is -0.883. The Morgan fingerprint density at radius 2 is 1.74 bits per heavy atom. The smallest absolute Gasteiger partial charge is 0.343 e. The Morgan fingerprint density at radius 1 is 1.09 bits per heavy atom. The first kappa shape index (κ1) is 24.3. The second kappa shape index (κ2) is 9.10. The fraction of sp³-hybridized carbons (Fsp3) is 0.429. The third-order valence-electron chi connectivity index (χ3n) is 6.44. The van der Waals surface area contributed by atoms with Crippen molar-refractivity contribution < 1.29 is 24.2 Å². The van der Waals surface area contributed by atoms with Crippen LogP contribution in [0.15, 0.2) is 42.2 Å². The average molecular weight is 483 g/mol. The van der Waals surface area contributed by atoms with Gasteiger partial charge in [-0.1, -0.05) is 42.3 Å². The van der Waals surface area contributed by atoms with Gasteiger partial charge in [0.1, 0.15) is 11.2 Å². The summed E-state index contributed by atoms with van der Waals surface area (Å²) in [5.74, 6) is -0.723. The number of ether oxygens (including phenoxy) is 2. The van der Waals surface area contributed by atoms with Crippen LogP contribution in [0, 0.1) is 6.92 Å². The van der Waals surface area contributed by atoms with Gasteiger partial charge in [-0.2, -0.15) is 0 Å². The molecular weight excluding hydrogens is 452 g/mol. The van der Waals surface area contributed by atoms with Crippen LogP contribution in [0.2, 0.25) is 5.02 Å². The van der Waals surface area contributed by atoms with Gasteiger partial charge >= 0.3 is 11.9 Å². The van der Waals surface area contributed by atoms with Gasteiger partial charge < -0.3 is 14.6 Å². The highest BCUT2D eigenvalue weighted by Gasteiger charge is 2.49. The Bertz CT molecular complexity index is 1150. The predicted octanol–water partition coefficient (Wildman–Crippen LogP) is 6.73. The molecule has 2 aromatic carbocycles. The topological polar surface area (TPSA) is 72.8 Å². The molecule has 6 heteroatoms. The van der Waals surface area contributed by atoms with Gasteiger partial charge in [0.15, 0.2) is 11.4 Å². The molecular formula is C28H31ClO5. The van der Waals surface area contributed by atoms with Gasteiger partial charge in [0, 0.05) is 10.6 Å². The van der Waals surface area contributed by atoms with Crippen LogP contribution < -0.4 is 0 Å². The number of esters is 2. The number of hydrogen-bond donors (Lipinski definition) is 1. The molecule has 4 rings (SSSR count). The van der Waals surface area contributed by atoms with Crippen LogP contribution in [0.5, 0.6) is 0 Å². The monoisotopic (exact) mass is 482 g/mol. The zero-order valence-electron chi connectivity index (χ0n) is 20.2. The Kier molecular flexibility index (Phi) is 6.52. The molecule has 0 bridgehead atoms. The lowest BCUT2D eigenvalue weighted by atomic mass is 9.82. The van der Waals surface area contributed by atoms with Gasteiger partial charge in [-0.05, 0) is 87.8 Å². The molecule has 1 aliphatic carbocycles. The van der Waals surface area contributed by atoms with E-state index in [9.17, 15) is 14.7 Å². The molecule has 0 aromatic heterocycles. The number of aliphatic hydroxyl groups excluding tert-OH is 1. The molecule has 0 atom stereocenters. The summed E-state index contributed by atoms with van der Waals surface area (Å²) in [5.41, 5.74) is 2.80. The standard InChI is InChI=1S/C28H31ClO5/c1-17-14-21(19-10-8-18(9-11-19)15-23(30)33-27(2,3)4)22(29)16-20(17)24-25(31)28(34-26(24)32)12-6-5-7-13-28/h8-11,14,16,31H,5-7,12-13,15H2,1-4H3. The third kappa shape index (κ3) is 4.85. The molecule has 180 valence electrons. The summed E-state index contributed by atoms with van der Waals surface area (Å²) < 4.78 is 11.1. The fourth-order valence-corrected chi connectivity index (χ4v) is 5.09. The quantitative estimate of drug-likeness (QED) is 0.489. The maximum atomic E-state index is 12.8. The maximum Gasteiger partial charge on any atom is 0.343 e. The number of aryl methyl sites for hydroxylation is 1. The summed E-state index contributed by atoms with van der Waals surface area (Å²) >= 11 is 6.65. The summed E-state index contributed by atoms with van der Waals surface area (Å²) in [4.78, 5) is 24.9. The SMILES string of the molecule is Cc1cc(-c2ccc(CC(=O)OC(C)(C)C)cc2)c(Cl)cc1C1=C(O)C2(CCCCC2)OC1=O. The molecule has 1 heterocycles. The molecule has 1 spiro atoms. The van der Waals surface area contributed by atoms with E-state index in [0.29, 0.717) is 23.4 Å². The van der Waals surface area contributed by atoms with Crippen molar-refractivity contribution in [2.75, 3.05) is 0 Å². The van der Waals surface area contributed by atoms with E-state index in [2.05, 4.69) is 0 Å². The number of carbonyl (C=O) groups excluding carboxylic acids is 2. The van der Waals surface area contributed by atoms with Crippen molar-refractivity contribution in [2.45, 2.75) is 77.4 Å². The molecule has 0 radical (unpaired) electrons. The number of benzene rings is 2. The van der Waals surface area contributed by atoms with Crippen molar-refractivity contribution in [1.29, 1.82) is 0 Å². The lowest BCUT2D eigenvalue weighted by molar-refractivity contribution is -0.154. The first-order valence-corrected chi connectivity index (χ1v) is 12.2. The van der Waals surface area contributed by atoms with Crippen LogP contribution in [0.3, 0.4) is 0 Å². The molecule has 2 aliphatic rings. The first-order valence-electron chi connectivity index (χ1n) is 11.8. The van der Waals surface area contributed by atoms with Gasteiger partial charge in [-0.15, -0.1) is 0 Å². The summed E-state index contributed by atoms with van der Waals surface area (Å²) in [5, 5.41) is 11.5. The van der Waals surface area contributed by atoms with Crippen molar-refractivity contribution in [3.05, 3.63) is 63.9 Å². The molecule has 34 heavy (non-hydrogen) atoms. The highest BCUT2D eigenvalue weighted by Crippen LogP contribution is 2.46. The highest BCUT2D eigenvalue weighted by molar-refractivity contribution is 6.34. The molecule has 0 saturated heterocycles. The van der Waals surface area contributed by atoms with Crippen LogP contribution >= 0.6 is 11.6 Å². The average Bonchev–Trinajstić information content (AvgIpc) is 2.98. The lowest BCUT2D eigenvalue weighted by Crippen LogP contribution is -2.34. The molecule has 1 saturated carbocycles. The van der Waals surface area contributed by atoms with Crippen LogP contribution in [-0.2, 0) is 25.5 Å². The Morgan fingerprint density at radius 3 is 2.35 bits per heavy atom. The Balaban J connectivity index is 1.60. The number of hydrogen-bond acceptors (Lipinski definition) is 5. The van der Waals surface area contributed by atoms with Gasteiger partial charge in [0.05, 0.1) is 6.42 Å². The molecule has 0 unspecified atom stereocenters. The van der Waals surface area contributed by atoms with Crippen molar-refractivity contribution >= 4 is 29.1 Å². The van der Waals surface area contributed by atoms with Gasteiger partial charge in [0.2, 0.25) is 0 Å². The van der Waals surface area contributed by atoms with E-state index in [1.165, 1.54) is 0 Å². The van der Waals surface area contributed by atoms with E-state index in [0.717, 1.165) is 41.5 Å². The summed E-state index contributed by atoms with van der Waals surface area (Å²) in [6.45, 7) is 7.43. The van der Waals surface area contributed by atoms with Crippen LogP contribution in [0.25, 0.3) is 16.7 Å². The molecule has 2 aromatic rings. The van der Waals surface area contributed by atoms with Crippen molar-refractivity contribution in [3.8, 4) is 11.1 Å². The van der Waals surface area contributed by atoms with Gasteiger partial charge in [-0.25, -0.2) is 4.79 Å². The van der Waals surface area contributed by atoms with Crippen LogP contribution in [0.4, 0.5) is 0 Å². The fourth-order valence-electron chi connectivity index (χ4n) is 4.82. The summed E-state index contributed by atoms with van der Waals surface area (Å²) in [7, 11) is 0. The second-order valence-corrected chi connectivity index (χ2v) is 10.7. The number of halogens is 1. The highest BCUT2D eigenvalue weighted by atomic mass is 35.5. The van der Waals surface area contributed by atoms with E-state index in [-0.39, 0.29) is 23.7 Å². The largest absolute Gasteiger partial charge is 0.507 e. The minimum absolute atomic E-state index is 0.0376. The molecule has 5 nitrogen and oxygen atoms in total. The third-order valence-corrected chi connectivity index (χ3v) is 6.75. The normalized spacial score (nSPS) is 17.7. The zero-order chi connectivity index (χ0) is 24.7. The van der Waals surface area contributed by atoms with E-state index in [1.807, 2.05) is 58.0 Å². The van der Waals surface area contributed by atoms with Crippen LogP contribution in [0.1, 0.15) is 69.6 Å². The Labute approximate surface area is 205 Å². The Hall–Kier alpha value is -2.79. The van der Waals surface area contributed by atoms with Crippen molar-refractivity contribution in [1.82, 2.24) is 0 Å². The number of aliphatic hydroxyl groups is 1. The van der Waals surface area contributed by atoms with E-state index in [1.54, 1.807) is 6.07 Å². The number of rotatable bonds is 4. The predicted molar refractivity (Wildman–Crippen MR) is 133 cm³/mol. The minimum Gasteiger partial charge on any atom is -0.507 e. The van der Waals surface area contributed by atoms with Gasteiger partial charge in [0.25, 0.3) is 0 Å². The molecule has 1 N–H and O–H groups in total. The van der Waals surface area contributed by atoms with E-state index < -0.39 is 17.2 Å². The first-order chi connectivity index (χ1) is 16.0. The molecule has 1 aliphatic heterocycles. The second-order valence-electron chi connectivity index (χ2n) is 10.3. The van der Waals surface area contributed by atoms with Crippen molar-refractivity contribution in [3.63, 3.8) is 0 Å². The summed E-state index contributed by atoms with van der Waals surface area (Å²) in [6, 6.07) is 11.2.